The van der Waals surface area contributed by atoms with E-state index < -0.39 is 0 Å². The Kier molecular flexibility index (Phi) is 11.1. The summed E-state index contributed by atoms with van der Waals surface area (Å²) in [5.41, 5.74) is 0. The number of esters is 2. The second kappa shape index (κ2) is 11.5. The minimum absolute atomic E-state index is 0.129. The van der Waals surface area contributed by atoms with Gasteiger partial charge in [0.25, 0.3) is 0 Å². The van der Waals surface area contributed by atoms with E-state index in [2.05, 4.69) is 25.4 Å². The topological polar surface area (TPSA) is 52.6 Å². The molecule has 0 unspecified atom stereocenters. The van der Waals surface area contributed by atoms with Crippen LogP contribution in [0.25, 0.3) is 0 Å². The Balaban J connectivity index is 3.26. The molecule has 0 radical (unpaired) electrons. The molecule has 0 aliphatic rings. The third kappa shape index (κ3) is 9.45. The molecule has 0 aliphatic carbocycles. The summed E-state index contributed by atoms with van der Waals surface area (Å²) in [5.74, 6) is -0.330. The van der Waals surface area contributed by atoms with Gasteiger partial charge in [0.05, 0.1) is 14.2 Å². The molecule has 0 amide bonds. The molecule has 18 heavy (non-hydrogen) atoms. The van der Waals surface area contributed by atoms with Crippen LogP contribution < -0.4 is 0 Å². The molecule has 0 aromatic carbocycles. The molecule has 1 atom stereocenters. The van der Waals surface area contributed by atoms with Crippen LogP contribution in [0.4, 0.5) is 0 Å². The number of methoxy groups -OCH3 is 2. The normalized spacial score (nSPS) is 11.9. The second-order valence-corrected chi connectivity index (χ2v) is 5.33. The highest BCUT2D eigenvalue weighted by atomic mass is 79.9. The van der Waals surface area contributed by atoms with Crippen LogP contribution in [0.5, 0.6) is 0 Å². The molecule has 106 valence electrons. The van der Waals surface area contributed by atoms with Crippen molar-refractivity contribution in [3.8, 4) is 0 Å². The van der Waals surface area contributed by atoms with Gasteiger partial charge in [-0.25, -0.2) is 0 Å². The maximum Gasteiger partial charge on any atom is 0.319 e. The number of rotatable bonds is 10. The summed E-state index contributed by atoms with van der Waals surface area (Å²) in [6, 6.07) is 0. The minimum atomic E-state index is -0.201. The predicted molar refractivity (Wildman–Crippen MR) is 73.7 cm³/mol. The monoisotopic (exact) mass is 322 g/mol. The smallest absolute Gasteiger partial charge is 0.319 e. The summed E-state index contributed by atoms with van der Waals surface area (Å²) < 4.78 is 9.19. The van der Waals surface area contributed by atoms with E-state index in [4.69, 9.17) is 0 Å². The van der Waals surface area contributed by atoms with E-state index >= 15 is 0 Å². The van der Waals surface area contributed by atoms with Crippen LogP contribution in [0.2, 0.25) is 0 Å². The Hall–Kier alpha value is -0.580. The van der Waals surface area contributed by atoms with Crippen LogP contribution in [0, 0.1) is 0 Å². The van der Waals surface area contributed by atoms with E-state index in [9.17, 15) is 9.59 Å². The SMILES string of the molecule is COC(=O)CCCCCCCC[C@@H](Br)C(=O)OC. The Morgan fingerprint density at radius 1 is 0.944 bits per heavy atom. The average molecular weight is 323 g/mol. The molecule has 0 bridgehead atoms. The number of carbonyl (C=O) groups is 2. The summed E-state index contributed by atoms with van der Waals surface area (Å²) in [6.07, 6.45) is 7.68. The van der Waals surface area contributed by atoms with Crippen LogP contribution in [-0.4, -0.2) is 31.0 Å². The molecular formula is C13H23BrO4. The van der Waals surface area contributed by atoms with Crippen LogP contribution in [0.1, 0.15) is 51.4 Å². The number of unbranched alkanes of at least 4 members (excludes halogenated alkanes) is 5. The quantitative estimate of drug-likeness (QED) is 0.352. The van der Waals surface area contributed by atoms with Crippen molar-refractivity contribution in [2.45, 2.75) is 56.2 Å². The fraction of sp³-hybridized carbons (Fsp3) is 0.846. The van der Waals surface area contributed by atoms with Crippen LogP contribution in [0.15, 0.2) is 0 Å². The average Bonchev–Trinajstić information content (AvgIpc) is 2.39. The Bertz CT molecular complexity index is 243. The maximum atomic E-state index is 11.1. The fourth-order valence-electron chi connectivity index (χ4n) is 1.65. The lowest BCUT2D eigenvalue weighted by atomic mass is 10.1. The fourth-order valence-corrected chi connectivity index (χ4v) is 2.16. The van der Waals surface area contributed by atoms with Gasteiger partial charge < -0.3 is 9.47 Å². The van der Waals surface area contributed by atoms with Crippen LogP contribution >= 0.6 is 15.9 Å². The summed E-state index contributed by atoms with van der Waals surface area (Å²) in [5, 5.41) is 0. The first-order valence-electron chi connectivity index (χ1n) is 6.40. The van der Waals surface area contributed by atoms with Gasteiger partial charge in [-0.15, -0.1) is 0 Å². The summed E-state index contributed by atoms with van der Waals surface area (Å²) in [4.78, 5) is 21.8. The number of carbonyl (C=O) groups excluding carboxylic acids is 2. The van der Waals surface area contributed by atoms with Crippen molar-refractivity contribution in [2.75, 3.05) is 14.2 Å². The molecule has 0 aliphatic heterocycles. The highest BCUT2D eigenvalue weighted by Gasteiger charge is 2.13. The lowest BCUT2D eigenvalue weighted by Crippen LogP contribution is -2.15. The third-order valence-corrected chi connectivity index (χ3v) is 3.60. The van der Waals surface area contributed by atoms with Crippen molar-refractivity contribution in [2.24, 2.45) is 0 Å². The number of halogens is 1. The molecule has 0 saturated heterocycles. The van der Waals surface area contributed by atoms with E-state index in [1.54, 1.807) is 0 Å². The van der Waals surface area contributed by atoms with Gasteiger partial charge in [0.2, 0.25) is 0 Å². The van der Waals surface area contributed by atoms with Crippen molar-refractivity contribution >= 4 is 27.9 Å². The number of hydrogen-bond acceptors (Lipinski definition) is 4. The van der Waals surface area contributed by atoms with Gasteiger partial charge in [-0.3, -0.25) is 9.59 Å². The number of alkyl halides is 1. The molecule has 0 aromatic heterocycles. The molecule has 0 spiro atoms. The molecule has 0 saturated carbocycles. The first kappa shape index (κ1) is 17.4. The zero-order chi connectivity index (χ0) is 13.8. The highest BCUT2D eigenvalue weighted by molar-refractivity contribution is 9.10. The van der Waals surface area contributed by atoms with E-state index in [-0.39, 0.29) is 16.8 Å². The van der Waals surface area contributed by atoms with Crippen LogP contribution in [0.3, 0.4) is 0 Å². The summed E-state index contributed by atoms with van der Waals surface area (Å²) in [7, 11) is 2.82. The lowest BCUT2D eigenvalue weighted by Gasteiger charge is -2.06. The van der Waals surface area contributed by atoms with E-state index in [1.807, 2.05) is 0 Å². The standard InChI is InChI=1S/C13H23BrO4/c1-17-12(15)10-8-6-4-3-5-7-9-11(14)13(16)18-2/h11H,3-10H2,1-2H3/t11-/m1/s1. The van der Waals surface area contributed by atoms with E-state index in [0.717, 1.165) is 44.9 Å². The van der Waals surface area contributed by atoms with Gasteiger partial charge >= 0.3 is 11.9 Å². The Morgan fingerprint density at radius 2 is 1.50 bits per heavy atom. The molecule has 4 nitrogen and oxygen atoms in total. The molecule has 5 heteroatoms. The van der Waals surface area contributed by atoms with Gasteiger partial charge in [0, 0.05) is 6.42 Å². The summed E-state index contributed by atoms with van der Waals surface area (Å²) >= 11 is 3.30. The highest BCUT2D eigenvalue weighted by Crippen LogP contribution is 2.14. The Morgan fingerprint density at radius 3 is 2.06 bits per heavy atom. The van der Waals surface area contributed by atoms with E-state index in [0.29, 0.717) is 6.42 Å². The molecule has 0 rings (SSSR count). The van der Waals surface area contributed by atoms with E-state index in [1.165, 1.54) is 14.2 Å². The molecule has 0 fully saturated rings. The van der Waals surface area contributed by atoms with Crippen molar-refractivity contribution < 1.29 is 19.1 Å². The van der Waals surface area contributed by atoms with Gasteiger partial charge in [-0.1, -0.05) is 48.0 Å². The van der Waals surface area contributed by atoms with Crippen molar-refractivity contribution in [3.63, 3.8) is 0 Å². The zero-order valence-electron chi connectivity index (χ0n) is 11.2. The first-order valence-corrected chi connectivity index (χ1v) is 7.32. The largest absolute Gasteiger partial charge is 0.469 e. The lowest BCUT2D eigenvalue weighted by molar-refractivity contribution is -0.141. The Labute approximate surface area is 118 Å². The molecule has 0 heterocycles. The maximum absolute atomic E-state index is 11.1. The first-order chi connectivity index (χ1) is 8.61. The molecular weight excluding hydrogens is 300 g/mol. The minimum Gasteiger partial charge on any atom is -0.469 e. The number of hydrogen-bond donors (Lipinski definition) is 0. The van der Waals surface area contributed by atoms with Gasteiger partial charge in [0.15, 0.2) is 0 Å². The number of ether oxygens (including phenoxy) is 2. The predicted octanol–water partition coefficient (Wildman–Crippen LogP) is 3.22. The van der Waals surface area contributed by atoms with Crippen molar-refractivity contribution in [1.82, 2.24) is 0 Å². The third-order valence-electron chi connectivity index (χ3n) is 2.77. The van der Waals surface area contributed by atoms with Crippen molar-refractivity contribution in [1.29, 1.82) is 0 Å². The van der Waals surface area contributed by atoms with Gasteiger partial charge in [-0.2, -0.15) is 0 Å². The molecule has 0 aromatic rings. The summed E-state index contributed by atoms with van der Waals surface area (Å²) in [6.45, 7) is 0. The van der Waals surface area contributed by atoms with Gasteiger partial charge in [0.1, 0.15) is 4.83 Å². The zero-order valence-corrected chi connectivity index (χ0v) is 12.8. The second-order valence-electron chi connectivity index (χ2n) is 4.23. The van der Waals surface area contributed by atoms with Crippen LogP contribution in [-0.2, 0) is 19.1 Å². The van der Waals surface area contributed by atoms with Gasteiger partial charge in [-0.05, 0) is 12.8 Å². The molecule has 0 N–H and O–H groups in total. The van der Waals surface area contributed by atoms with Crippen molar-refractivity contribution in [3.05, 3.63) is 0 Å².